The summed E-state index contributed by atoms with van der Waals surface area (Å²) in [5, 5.41) is 6.85. The van der Waals surface area contributed by atoms with E-state index < -0.39 is 5.54 Å². The van der Waals surface area contributed by atoms with E-state index in [2.05, 4.69) is 66.7 Å². The van der Waals surface area contributed by atoms with Gasteiger partial charge in [-0.15, -0.1) is 0 Å². The van der Waals surface area contributed by atoms with Crippen LogP contribution in [-0.4, -0.2) is 55.8 Å². The number of amides is 1. The number of aliphatic imine (C=N–C) groups is 1. The van der Waals surface area contributed by atoms with Crippen LogP contribution < -0.4 is 21.1 Å². The Labute approximate surface area is 219 Å². The summed E-state index contributed by atoms with van der Waals surface area (Å²) in [7, 11) is 0. The van der Waals surface area contributed by atoms with Crippen LogP contribution in [0.15, 0.2) is 64.9 Å². The summed E-state index contributed by atoms with van der Waals surface area (Å²) in [6.07, 6.45) is 4.31. The molecular weight excluding hydrogens is 462 g/mol. The number of anilines is 1. The van der Waals surface area contributed by atoms with Crippen molar-refractivity contribution >= 4 is 17.3 Å². The summed E-state index contributed by atoms with van der Waals surface area (Å²) in [4.78, 5) is 20.8. The van der Waals surface area contributed by atoms with Crippen molar-refractivity contribution in [1.29, 1.82) is 0 Å². The number of ether oxygens (including phenoxy) is 1. The quantitative estimate of drug-likeness (QED) is 0.478. The van der Waals surface area contributed by atoms with Crippen LogP contribution in [0.2, 0.25) is 0 Å². The number of nitrogens with one attached hydrogen (secondary N) is 2. The average Bonchev–Trinajstić information content (AvgIpc) is 3.13. The van der Waals surface area contributed by atoms with Crippen molar-refractivity contribution in [2.24, 2.45) is 16.6 Å². The van der Waals surface area contributed by atoms with E-state index in [0.29, 0.717) is 32.7 Å². The van der Waals surface area contributed by atoms with Gasteiger partial charge in [-0.2, -0.15) is 0 Å². The van der Waals surface area contributed by atoms with Crippen molar-refractivity contribution in [3.8, 4) is 5.75 Å². The van der Waals surface area contributed by atoms with E-state index in [0.717, 1.165) is 57.3 Å². The molecule has 0 saturated carbocycles. The maximum atomic E-state index is 14.1. The Balaban J connectivity index is 1.79. The first-order chi connectivity index (χ1) is 18.0. The summed E-state index contributed by atoms with van der Waals surface area (Å²) in [5.41, 5.74) is 12.0. The third-order valence-corrected chi connectivity index (χ3v) is 7.59. The van der Waals surface area contributed by atoms with Crippen LogP contribution in [0.3, 0.4) is 0 Å². The Morgan fingerprint density at radius 3 is 2.70 bits per heavy atom. The van der Waals surface area contributed by atoms with Crippen LogP contribution in [0, 0.1) is 12.8 Å². The average molecular weight is 500 g/mol. The van der Waals surface area contributed by atoms with Crippen molar-refractivity contribution in [3.63, 3.8) is 0 Å². The first kappa shape index (κ1) is 25.2. The molecule has 7 nitrogen and oxygen atoms in total. The molecule has 2 heterocycles. The van der Waals surface area contributed by atoms with Crippen LogP contribution in [-0.2, 0) is 5.54 Å². The number of nitrogens with zero attached hydrogens (tertiary/aromatic N) is 2. The fraction of sp³-hybridized carbons (Fsp3) is 0.400. The normalized spacial score (nSPS) is 22.8. The number of allylic oxidation sites excluding steroid dienone is 2. The predicted molar refractivity (Wildman–Crippen MR) is 149 cm³/mol. The molecule has 0 saturated heterocycles. The van der Waals surface area contributed by atoms with Crippen molar-refractivity contribution in [2.45, 2.75) is 33.2 Å². The van der Waals surface area contributed by atoms with E-state index in [-0.39, 0.29) is 11.8 Å². The standard InChI is InChI=1S/C30H37N5O2/c1-5-33-25-17-27-23(15-19(25)3)30(24-16-20(4)26(34-6-2)18-28(24)37-27)22-10-8-7-9-21(22)29(36)35(30)14-13-32-12-11-31/h7-10,15-18,23,32,34H,5-6,11-14,31H2,1-4H3. The van der Waals surface area contributed by atoms with Crippen molar-refractivity contribution in [3.05, 3.63) is 82.1 Å². The first-order valence-electron chi connectivity index (χ1n) is 13.3. The zero-order valence-electron chi connectivity index (χ0n) is 22.2. The number of benzene rings is 2. The molecule has 1 spiro atoms. The SMILES string of the molecule is CCN=C1C=C2Oc3cc(NCC)c(C)cc3C3(c4ccccc4C(=O)N3CCNCCN)C2C=C1C. The lowest BCUT2D eigenvalue weighted by Crippen LogP contribution is -2.55. The van der Waals surface area contributed by atoms with E-state index >= 15 is 0 Å². The van der Waals surface area contributed by atoms with Gasteiger partial charge in [0.1, 0.15) is 17.0 Å². The minimum Gasteiger partial charge on any atom is -0.460 e. The molecule has 37 heavy (non-hydrogen) atoms. The Hall–Kier alpha value is -3.42. The molecule has 0 aromatic heterocycles. The second kappa shape index (κ2) is 10.1. The summed E-state index contributed by atoms with van der Waals surface area (Å²) in [6, 6.07) is 12.3. The summed E-state index contributed by atoms with van der Waals surface area (Å²) in [5.74, 6) is 1.46. The highest BCUT2D eigenvalue weighted by Gasteiger charge is 2.59. The molecule has 1 aliphatic carbocycles. The predicted octanol–water partition coefficient (Wildman–Crippen LogP) is 3.99. The number of carbonyl (C=O) groups excluding carboxylic acids is 1. The smallest absolute Gasteiger partial charge is 0.255 e. The second-order valence-electron chi connectivity index (χ2n) is 9.84. The van der Waals surface area contributed by atoms with Gasteiger partial charge < -0.3 is 26.0 Å². The van der Waals surface area contributed by atoms with E-state index in [1.165, 1.54) is 0 Å². The zero-order chi connectivity index (χ0) is 26.2. The van der Waals surface area contributed by atoms with Crippen LogP contribution in [0.1, 0.15) is 47.8 Å². The van der Waals surface area contributed by atoms with Gasteiger partial charge in [0.25, 0.3) is 5.91 Å². The molecule has 0 fully saturated rings. The lowest BCUT2D eigenvalue weighted by Gasteiger charge is -2.49. The van der Waals surface area contributed by atoms with Crippen LogP contribution in [0.5, 0.6) is 5.75 Å². The van der Waals surface area contributed by atoms with Gasteiger partial charge in [0.2, 0.25) is 0 Å². The number of rotatable bonds is 8. The maximum absolute atomic E-state index is 14.1. The zero-order valence-corrected chi connectivity index (χ0v) is 22.2. The topological polar surface area (TPSA) is 92.0 Å². The van der Waals surface area contributed by atoms with Crippen molar-refractivity contribution in [1.82, 2.24) is 10.2 Å². The molecule has 2 atom stereocenters. The van der Waals surface area contributed by atoms with E-state index in [4.69, 9.17) is 15.5 Å². The van der Waals surface area contributed by atoms with Gasteiger partial charge >= 0.3 is 0 Å². The number of nitrogens with two attached hydrogens (primary N) is 1. The summed E-state index contributed by atoms with van der Waals surface area (Å²) >= 11 is 0. The highest BCUT2D eigenvalue weighted by molar-refractivity contribution is 6.10. The lowest BCUT2D eigenvalue weighted by atomic mass is 9.67. The van der Waals surface area contributed by atoms with Crippen LogP contribution in [0.4, 0.5) is 5.69 Å². The Morgan fingerprint density at radius 2 is 1.95 bits per heavy atom. The van der Waals surface area contributed by atoms with E-state index in [1.807, 2.05) is 25.1 Å². The van der Waals surface area contributed by atoms with E-state index in [1.54, 1.807) is 0 Å². The molecule has 2 unspecified atom stereocenters. The third kappa shape index (κ3) is 3.97. The molecule has 2 aromatic carbocycles. The molecule has 1 amide bonds. The lowest BCUT2D eigenvalue weighted by molar-refractivity contribution is 0.0492. The molecule has 7 heteroatoms. The Kier molecular flexibility index (Phi) is 6.92. The fourth-order valence-corrected chi connectivity index (χ4v) is 6.04. The van der Waals surface area contributed by atoms with Crippen molar-refractivity contribution in [2.75, 3.05) is 44.6 Å². The molecule has 3 aliphatic rings. The molecule has 5 rings (SSSR count). The van der Waals surface area contributed by atoms with Gasteiger partial charge in [-0.1, -0.05) is 24.3 Å². The number of hydrogen-bond acceptors (Lipinski definition) is 6. The molecule has 0 bridgehead atoms. The van der Waals surface area contributed by atoms with E-state index in [9.17, 15) is 4.79 Å². The summed E-state index contributed by atoms with van der Waals surface area (Å²) in [6.45, 7) is 12.3. The van der Waals surface area contributed by atoms with Crippen LogP contribution >= 0.6 is 0 Å². The molecule has 0 radical (unpaired) electrons. The minimum atomic E-state index is -0.730. The van der Waals surface area contributed by atoms with Gasteiger partial charge in [-0.25, -0.2) is 0 Å². The highest BCUT2D eigenvalue weighted by Crippen LogP contribution is 2.58. The number of aryl methyl sites for hydroxylation is 1. The monoisotopic (exact) mass is 499 g/mol. The molecule has 2 aliphatic heterocycles. The van der Waals surface area contributed by atoms with Gasteiger partial charge in [0.15, 0.2) is 0 Å². The van der Waals surface area contributed by atoms with Crippen molar-refractivity contribution < 1.29 is 9.53 Å². The third-order valence-electron chi connectivity index (χ3n) is 7.59. The largest absolute Gasteiger partial charge is 0.460 e. The van der Waals surface area contributed by atoms with Gasteiger partial charge in [0, 0.05) is 68.2 Å². The first-order valence-corrected chi connectivity index (χ1v) is 13.3. The summed E-state index contributed by atoms with van der Waals surface area (Å²) < 4.78 is 6.66. The molecule has 4 N–H and O–H groups in total. The molecule has 2 aromatic rings. The Morgan fingerprint density at radius 1 is 1.14 bits per heavy atom. The fourth-order valence-electron chi connectivity index (χ4n) is 6.04. The maximum Gasteiger partial charge on any atom is 0.255 e. The van der Waals surface area contributed by atoms with Crippen LogP contribution in [0.25, 0.3) is 0 Å². The second-order valence-corrected chi connectivity index (χ2v) is 9.84. The van der Waals surface area contributed by atoms with Gasteiger partial charge in [0.05, 0.1) is 11.6 Å². The number of carbonyl (C=O) groups is 1. The molecular formula is C30H37N5O2. The van der Waals surface area contributed by atoms with Gasteiger partial charge in [-0.05, 0) is 56.5 Å². The highest BCUT2D eigenvalue weighted by atomic mass is 16.5. The number of hydrogen-bond donors (Lipinski definition) is 3. The molecule has 194 valence electrons. The number of fused-ring (bicyclic) bond motifs is 6. The van der Waals surface area contributed by atoms with Gasteiger partial charge in [-0.3, -0.25) is 9.79 Å². The minimum absolute atomic E-state index is 0.0461. The Bertz CT molecular complexity index is 1310.